The molecule has 0 bridgehead atoms. The third-order valence-electron chi connectivity index (χ3n) is 10.0. The summed E-state index contributed by atoms with van der Waals surface area (Å²) < 4.78 is 36.6. The van der Waals surface area contributed by atoms with Gasteiger partial charge in [-0.25, -0.2) is 9.97 Å². The second-order valence-electron chi connectivity index (χ2n) is 16.5. The fraction of sp³-hybridized carbons (Fsp3) is 0.800. The highest BCUT2D eigenvalue weighted by Gasteiger charge is 2.66. The Balaban J connectivity index is 1.97. The quantitative estimate of drug-likeness (QED) is 0.197. The molecule has 4 rings (SSSR count). The Morgan fingerprint density at radius 3 is 2.10 bits per heavy atom. The Morgan fingerprint density at radius 2 is 1.58 bits per heavy atom. The van der Waals surface area contributed by atoms with Gasteiger partial charge in [0.2, 0.25) is 5.88 Å². The molecule has 0 saturated carbocycles. The third kappa shape index (κ3) is 7.37. The van der Waals surface area contributed by atoms with Gasteiger partial charge in [0.1, 0.15) is 26.1 Å². The summed E-state index contributed by atoms with van der Waals surface area (Å²) in [6.07, 6.45) is -0.0447. The van der Waals surface area contributed by atoms with Crippen LogP contribution in [0.15, 0.2) is 6.33 Å². The van der Waals surface area contributed by atoms with E-state index in [2.05, 4.69) is 107 Å². The second kappa shape index (κ2) is 14.5. The normalized spacial score (nSPS) is 26.6. The first-order chi connectivity index (χ1) is 22.2. The molecule has 5 atom stereocenters. The predicted molar refractivity (Wildman–Crippen MR) is 198 cm³/mol. The van der Waals surface area contributed by atoms with Crippen LogP contribution in [0.1, 0.15) is 95.1 Å². The van der Waals surface area contributed by atoms with E-state index in [1.165, 1.54) is 0 Å². The molecule has 2 aromatic rings. The van der Waals surface area contributed by atoms with E-state index in [1.54, 1.807) is 10.9 Å². The van der Waals surface area contributed by atoms with Crippen LogP contribution in [0.5, 0.6) is 5.88 Å². The molecule has 270 valence electrons. The maximum absolute atomic E-state index is 13.1. The minimum absolute atomic E-state index is 0.0820. The third-order valence-corrected chi connectivity index (χ3v) is 21.1. The van der Waals surface area contributed by atoms with Gasteiger partial charge < -0.3 is 27.5 Å². The first kappa shape index (κ1) is 39.2. The van der Waals surface area contributed by atoms with Crippen LogP contribution in [0.4, 0.5) is 0 Å². The van der Waals surface area contributed by atoms with Gasteiger partial charge in [0.15, 0.2) is 23.0 Å². The summed E-state index contributed by atoms with van der Waals surface area (Å²) in [4.78, 5) is 14.5. The Hall–Kier alpha value is -1.64. The largest absolute Gasteiger partial charge is 0.476 e. The Kier molecular flexibility index (Phi) is 11.9. The van der Waals surface area contributed by atoms with Crippen LogP contribution in [0, 0.1) is 23.3 Å². The number of ether oxygens (including phenoxy) is 2. The smallest absolute Gasteiger partial charge is 0.335 e. The van der Waals surface area contributed by atoms with Crippen LogP contribution in [-0.4, -0.2) is 80.8 Å². The zero-order valence-electron chi connectivity index (χ0n) is 32.2. The molecule has 2 aliphatic heterocycles. The average molecular weight is 719 g/mol. The van der Waals surface area contributed by atoms with Crippen molar-refractivity contribution >= 4 is 36.4 Å². The van der Waals surface area contributed by atoms with Gasteiger partial charge in [0.05, 0.1) is 19.5 Å². The van der Waals surface area contributed by atoms with Gasteiger partial charge in [0.25, 0.3) is 0 Å². The number of nitrogens with zero attached hydrogens (tertiary/aromatic N) is 4. The number of fused-ring (bicyclic) bond motifs is 2. The maximum Gasteiger partial charge on any atom is 0.335 e. The molecule has 48 heavy (non-hydrogen) atoms. The summed E-state index contributed by atoms with van der Waals surface area (Å²) in [6, 6.07) is 0. The molecule has 10 nitrogen and oxygen atoms in total. The molecule has 13 heteroatoms. The Labute approximate surface area is 292 Å². The molecule has 2 aromatic heterocycles. The van der Waals surface area contributed by atoms with Crippen LogP contribution >= 0.6 is 0 Å². The first-order valence-corrected chi connectivity index (χ1v) is 25.5. The van der Waals surface area contributed by atoms with Gasteiger partial charge in [-0.2, -0.15) is 4.98 Å². The summed E-state index contributed by atoms with van der Waals surface area (Å²) in [7, 11) is -7.87. The summed E-state index contributed by atoms with van der Waals surface area (Å²) in [5.41, 5.74) is 3.31. The van der Waals surface area contributed by atoms with Crippen LogP contribution in [-0.2, 0) is 24.1 Å². The number of imidazole rings is 1. The van der Waals surface area contributed by atoms with Gasteiger partial charge in [-0.05, 0) is 40.9 Å². The minimum Gasteiger partial charge on any atom is -0.476 e. The van der Waals surface area contributed by atoms with E-state index in [0.717, 1.165) is 0 Å². The number of aromatic nitrogens is 4. The second-order valence-corrected chi connectivity index (χ2v) is 30.1. The zero-order chi connectivity index (χ0) is 36.0. The number of hydrogen-bond acceptors (Lipinski definition) is 9. The van der Waals surface area contributed by atoms with Crippen molar-refractivity contribution in [2.45, 2.75) is 155 Å². The molecule has 2 aliphatic rings. The van der Waals surface area contributed by atoms with Gasteiger partial charge in [0, 0.05) is 6.42 Å². The molecule has 0 aliphatic carbocycles. The summed E-state index contributed by atoms with van der Waals surface area (Å²) in [5, 5.41) is 13.1. The standard InChI is InChI=1S/C35H62N4O6Si3/c1-16-41-33-30-32(37-29(38-33)19-27(12)22(2)3)39(21-36-30)34-35(40,17-18-46(13,14)15)31-28(43-34)20-42-47(23(4)5,24(6)7)45-48(44-31,25(8)9)26(10)11/h21-28,31,34,40H,16,19-20H2,1-15H3/t27?,28-,31-,34-,35+/m1/s1. The van der Waals surface area contributed by atoms with Gasteiger partial charge in [-0.3, -0.25) is 4.57 Å². The fourth-order valence-corrected chi connectivity index (χ4v) is 18.6. The zero-order valence-corrected chi connectivity index (χ0v) is 35.2. The van der Waals surface area contributed by atoms with Crippen molar-refractivity contribution in [3.05, 3.63) is 12.2 Å². The van der Waals surface area contributed by atoms with Gasteiger partial charge in [-0.15, -0.1) is 5.54 Å². The van der Waals surface area contributed by atoms with Gasteiger partial charge in [-0.1, -0.05) is 102 Å². The molecular formula is C35H62N4O6Si3. The lowest BCUT2D eigenvalue weighted by Gasteiger charge is -2.51. The monoisotopic (exact) mass is 718 g/mol. The first-order valence-electron chi connectivity index (χ1n) is 18.0. The molecule has 0 radical (unpaired) electrons. The topological polar surface area (TPSA) is 110 Å². The molecule has 0 aromatic carbocycles. The summed E-state index contributed by atoms with van der Waals surface area (Å²) in [6.45, 7) is 33.2. The SMILES string of the molecule is CCOc1nc(CC(C)C(C)C)nc2c1ncn2[C@@H]1O[C@@H]2CO[Si](C(C)C)(C(C)C)O[Si](C(C)C)(C(C)C)O[C@H]2[C@@]1(O)C#C[Si](C)(C)C. The van der Waals surface area contributed by atoms with Crippen LogP contribution in [0.2, 0.25) is 41.8 Å². The van der Waals surface area contributed by atoms with Crippen molar-refractivity contribution in [2.75, 3.05) is 13.2 Å². The van der Waals surface area contributed by atoms with E-state index >= 15 is 0 Å². The van der Waals surface area contributed by atoms with Crippen LogP contribution in [0.3, 0.4) is 0 Å². The highest BCUT2D eigenvalue weighted by molar-refractivity contribution is 6.84. The molecular weight excluding hydrogens is 657 g/mol. The van der Waals surface area contributed by atoms with Crippen molar-refractivity contribution in [2.24, 2.45) is 11.8 Å². The molecule has 1 unspecified atom stereocenters. The molecule has 0 amide bonds. The van der Waals surface area contributed by atoms with E-state index in [1.807, 2.05) is 6.92 Å². The van der Waals surface area contributed by atoms with E-state index < -0.39 is 49.2 Å². The molecule has 2 fully saturated rings. The van der Waals surface area contributed by atoms with Crippen molar-refractivity contribution < 1.29 is 27.5 Å². The lowest BCUT2D eigenvalue weighted by Crippen LogP contribution is -2.67. The highest BCUT2D eigenvalue weighted by atomic mass is 28.5. The van der Waals surface area contributed by atoms with Crippen molar-refractivity contribution in [1.82, 2.24) is 19.5 Å². The van der Waals surface area contributed by atoms with E-state index in [9.17, 15) is 5.11 Å². The predicted octanol–water partition coefficient (Wildman–Crippen LogP) is 7.53. The van der Waals surface area contributed by atoms with Crippen LogP contribution in [0.25, 0.3) is 11.2 Å². The van der Waals surface area contributed by atoms with Crippen molar-refractivity contribution in [1.29, 1.82) is 0 Å². The summed E-state index contributed by atoms with van der Waals surface area (Å²) in [5.74, 6) is 5.25. The Morgan fingerprint density at radius 1 is 0.979 bits per heavy atom. The van der Waals surface area contributed by atoms with Crippen molar-refractivity contribution in [3.8, 4) is 17.3 Å². The fourth-order valence-electron chi connectivity index (χ4n) is 6.84. The molecule has 0 spiro atoms. The number of hydrogen-bond donors (Lipinski definition) is 1. The van der Waals surface area contributed by atoms with E-state index in [-0.39, 0.29) is 28.8 Å². The highest BCUT2D eigenvalue weighted by Crippen LogP contribution is 2.51. The molecule has 2 saturated heterocycles. The number of aliphatic hydroxyl groups is 1. The number of rotatable bonds is 10. The summed E-state index contributed by atoms with van der Waals surface area (Å²) >= 11 is 0. The van der Waals surface area contributed by atoms with E-state index in [0.29, 0.717) is 47.7 Å². The average Bonchev–Trinajstić information content (AvgIpc) is 3.49. The molecule has 1 N–H and O–H groups in total. The lowest BCUT2D eigenvalue weighted by atomic mass is 9.94. The lowest BCUT2D eigenvalue weighted by molar-refractivity contribution is -0.0706. The molecule has 4 heterocycles. The van der Waals surface area contributed by atoms with Gasteiger partial charge >= 0.3 is 17.1 Å². The Bertz CT molecular complexity index is 1460. The van der Waals surface area contributed by atoms with E-state index in [4.69, 9.17) is 37.4 Å². The van der Waals surface area contributed by atoms with Crippen molar-refractivity contribution in [3.63, 3.8) is 0 Å². The van der Waals surface area contributed by atoms with Crippen LogP contribution < -0.4 is 4.74 Å². The maximum atomic E-state index is 13.1. The minimum atomic E-state index is -3.09.